The zero-order valence-corrected chi connectivity index (χ0v) is 14.6. The average Bonchev–Trinajstić information content (AvgIpc) is 2.95. The predicted octanol–water partition coefficient (Wildman–Crippen LogP) is 1.91. The highest BCUT2D eigenvalue weighted by atomic mass is 32.1. The number of carbonyl (C=O) groups excluding carboxylic acids is 1. The summed E-state index contributed by atoms with van der Waals surface area (Å²) in [5, 5.41) is 0. The van der Waals surface area contributed by atoms with Gasteiger partial charge >= 0.3 is 0 Å². The lowest BCUT2D eigenvalue weighted by Gasteiger charge is -2.54. The molecule has 4 rings (SSSR count). The number of fused-ring (bicyclic) bond motifs is 1. The van der Waals surface area contributed by atoms with Crippen LogP contribution in [0.2, 0.25) is 0 Å². The van der Waals surface area contributed by atoms with Crippen molar-refractivity contribution in [2.75, 3.05) is 32.8 Å². The molecule has 0 radical (unpaired) electrons. The summed E-state index contributed by atoms with van der Waals surface area (Å²) in [4.78, 5) is 23.1. The maximum atomic E-state index is 12.7. The van der Waals surface area contributed by atoms with Crippen molar-refractivity contribution < 1.29 is 9.53 Å². The molecule has 0 N–H and O–H groups in total. The highest BCUT2D eigenvalue weighted by molar-refractivity contribution is 7.09. The van der Waals surface area contributed by atoms with Gasteiger partial charge in [-0.05, 0) is 26.2 Å². The fourth-order valence-corrected chi connectivity index (χ4v) is 5.01. The molecule has 0 aromatic carbocycles. The van der Waals surface area contributed by atoms with Crippen molar-refractivity contribution in [3.63, 3.8) is 0 Å². The second-order valence-corrected chi connectivity index (χ2v) is 8.03. The maximum absolute atomic E-state index is 12.7. The van der Waals surface area contributed by atoms with Gasteiger partial charge in [0.15, 0.2) is 0 Å². The standard InChI is InChI=1S/C17H25N3O2S/c1-12-16(23-11-18-12)10-19-5-2-15-14(8-19)9-20(15)17(21)13-3-6-22-7-4-13/h11,13-15H,2-10H2,1H3/t14-,15-/m0/s1. The van der Waals surface area contributed by atoms with Gasteiger partial charge in [-0.2, -0.15) is 0 Å². The topological polar surface area (TPSA) is 45.7 Å². The van der Waals surface area contributed by atoms with E-state index in [0.717, 1.165) is 58.7 Å². The van der Waals surface area contributed by atoms with Crippen LogP contribution in [0.1, 0.15) is 29.8 Å². The minimum Gasteiger partial charge on any atom is -0.381 e. The third-order valence-corrected chi connectivity index (χ3v) is 6.60. The Balaban J connectivity index is 1.31. The number of carbonyl (C=O) groups is 1. The fourth-order valence-electron chi connectivity index (χ4n) is 4.19. The monoisotopic (exact) mass is 335 g/mol. The summed E-state index contributed by atoms with van der Waals surface area (Å²) in [6.45, 7) is 7.79. The van der Waals surface area contributed by atoms with E-state index in [4.69, 9.17) is 4.74 Å². The normalized spacial score (nSPS) is 29.2. The number of ether oxygens (including phenoxy) is 1. The number of likely N-dealkylation sites (tertiary alicyclic amines) is 2. The van der Waals surface area contributed by atoms with Crippen LogP contribution in [0.15, 0.2) is 5.51 Å². The highest BCUT2D eigenvalue weighted by Gasteiger charge is 2.46. The molecule has 1 aromatic heterocycles. The first-order chi connectivity index (χ1) is 11.2. The molecular weight excluding hydrogens is 310 g/mol. The summed E-state index contributed by atoms with van der Waals surface area (Å²) in [6, 6.07) is 0.490. The molecule has 6 heteroatoms. The van der Waals surface area contributed by atoms with Gasteiger partial charge in [-0.25, -0.2) is 4.98 Å². The molecule has 3 fully saturated rings. The lowest BCUT2D eigenvalue weighted by Crippen LogP contribution is -2.65. The Morgan fingerprint density at radius 2 is 2.17 bits per heavy atom. The van der Waals surface area contributed by atoms with Crippen LogP contribution >= 0.6 is 11.3 Å². The summed E-state index contributed by atoms with van der Waals surface area (Å²) < 4.78 is 5.38. The first-order valence-corrected chi connectivity index (χ1v) is 9.60. The molecule has 2 atom stereocenters. The van der Waals surface area contributed by atoms with Gasteiger partial charge < -0.3 is 9.64 Å². The van der Waals surface area contributed by atoms with Crippen molar-refractivity contribution in [1.29, 1.82) is 0 Å². The van der Waals surface area contributed by atoms with Crippen LogP contribution in [0.3, 0.4) is 0 Å². The van der Waals surface area contributed by atoms with Crippen LogP contribution < -0.4 is 0 Å². The predicted molar refractivity (Wildman–Crippen MR) is 89.3 cm³/mol. The first-order valence-electron chi connectivity index (χ1n) is 8.72. The van der Waals surface area contributed by atoms with Gasteiger partial charge in [0, 0.05) is 62.1 Å². The zero-order chi connectivity index (χ0) is 15.8. The van der Waals surface area contributed by atoms with Crippen molar-refractivity contribution in [2.45, 2.75) is 38.8 Å². The molecule has 1 amide bonds. The van der Waals surface area contributed by atoms with E-state index in [2.05, 4.69) is 21.7 Å². The second kappa shape index (κ2) is 6.49. The fraction of sp³-hybridized carbons (Fsp3) is 0.765. The number of hydrogen-bond donors (Lipinski definition) is 0. The van der Waals surface area contributed by atoms with E-state index >= 15 is 0 Å². The molecule has 5 nitrogen and oxygen atoms in total. The molecule has 3 aliphatic rings. The van der Waals surface area contributed by atoms with Crippen molar-refractivity contribution in [3.05, 3.63) is 16.1 Å². The Kier molecular flexibility index (Phi) is 4.39. The number of thiazole rings is 1. The molecule has 0 saturated carbocycles. The number of nitrogens with zero attached hydrogens (tertiary/aromatic N) is 3. The Bertz CT molecular complexity index is 570. The summed E-state index contributed by atoms with van der Waals surface area (Å²) in [5.41, 5.74) is 3.11. The first kappa shape index (κ1) is 15.5. The third kappa shape index (κ3) is 3.04. The molecule has 3 saturated heterocycles. The molecule has 4 heterocycles. The van der Waals surface area contributed by atoms with Crippen LogP contribution in [-0.4, -0.2) is 59.6 Å². The Labute approximate surface area is 141 Å². The lowest BCUT2D eigenvalue weighted by molar-refractivity contribution is -0.155. The molecule has 1 aromatic rings. The number of aryl methyl sites for hydroxylation is 1. The van der Waals surface area contributed by atoms with Crippen LogP contribution in [0.25, 0.3) is 0 Å². The van der Waals surface area contributed by atoms with E-state index in [9.17, 15) is 4.79 Å². The second-order valence-electron chi connectivity index (χ2n) is 7.09. The molecule has 0 unspecified atom stereocenters. The smallest absolute Gasteiger partial charge is 0.226 e. The maximum Gasteiger partial charge on any atom is 0.226 e. The molecule has 0 aliphatic carbocycles. The third-order valence-electron chi connectivity index (χ3n) is 5.68. The summed E-state index contributed by atoms with van der Waals surface area (Å²) in [6.07, 6.45) is 2.93. The Hall–Kier alpha value is -0.980. The van der Waals surface area contributed by atoms with E-state index < -0.39 is 0 Å². The molecular formula is C17H25N3O2S. The number of aromatic nitrogens is 1. The molecule has 0 spiro atoms. The van der Waals surface area contributed by atoms with Gasteiger partial charge in [0.2, 0.25) is 5.91 Å². The Morgan fingerprint density at radius 1 is 1.35 bits per heavy atom. The number of rotatable bonds is 3. The zero-order valence-electron chi connectivity index (χ0n) is 13.7. The van der Waals surface area contributed by atoms with Crippen LogP contribution in [0.5, 0.6) is 0 Å². The van der Waals surface area contributed by atoms with E-state index in [1.54, 1.807) is 11.3 Å². The van der Waals surface area contributed by atoms with Gasteiger partial charge in [-0.15, -0.1) is 11.3 Å². The molecule has 3 aliphatic heterocycles. The largest absolute Gasteiger partial charge is 0.381 e. The Morgan fingerprint density at radius 3 is 2.87 bits per heavy atom. The van der Waals surface area contributed by atoms with Crippen LogP contribution in [-0.2, 0) is 16.1 Å². The van der Waals surface area contributed by atoms with Crippen molar-refractivity contribution in [2.24, 2.45) is 11.8 Å². The van der Waals surface area contributed by atoms with E-state index in [-0.39, 0.29) is 5.92 Å². The number of amides is 1. The van der Waals surface area contributed by atoms with Crippen molar-refractivity contribution in [1.82, 2.24) is 14.8 Å². The van der Waals surface area contributed by atoms with Gasteiger partial charge in [0.25, 0.3) is 0 Å². The van der Waals surface area contributed by atoms with Gasteiger partial charge in [0.1, 0.15) is 0 Å². The average molecular weight is 335 g/mol. The minimum absolute atomic E-state index is 0.211. The van der Waals surface area contributed by atoms with Gasteiger partial charge in [-0.1, -0.05) is 0 Å². The summed E-state index contributed by atoms with van der Waals surface area (Å²) >= 11 is 1.76. The SMILES string of the molecule is Cc1ncsc1CN1CC[C@H]2[C@@H](C1)CN2C(=O)C1CCOCC1. The van der Waals surface area contributed by atoms with Gasteiger partial charge in [-0.3, -0.25) is 9.69 Å². The van der Waals surface area contributed by atoms with Crippen LogP contribution in [0, 0.1) is 18.8 Å². The van der Waals surface area contributed by atoms with Crippen molar-refractivity contribution >= 4 is 17.2 Å². The number of hydrogen-bond acceptors (Lipinski definition) is 5. The minimum atomic E-state index is 0.211. The molecule has 126 valence electrons. The summed E-state index contributed by atoms with van der Waals surface area (Å²) in [7, 11) is 0. The number of piperidine rings is 1. The molecule has 0 bridgehead atoms. The van der Waals surface area contributed by atoms with Crippen LogP contribution in [0.4, 0.5) is 0 Å². The molecule has 23 heavy (non-hydrogen) atoms. The van der Waals surface area contributed by atoms with E-state index in [1.807, 2.05) is 5.51 Å². The van der Waals surface area contributed by atoms with Gasteiger partial charge in [0.05, 0.1) is 11.2 Å². The quantitative estimate of drug-likeness (QED) is 0.846. The summed E-state index contributed by atoms with van der Waals surface area (Å²) in [5.74, 6) is 1.27. The van der Waals surface area contributed by atoms with Crippen molar-refractivity contribution in [3.8, 4) is 0 Å². The van der Waals surface area contributed by atoms with E-state index in [0.29, 0.717) is 17.9 Å². The van der Waals surface area contributed by atoms with E-state index in [1.165, 1.54) is 10.6 Å². The lowest BCUT2D eigenvalue weighted by atomic mass is 9.81. The highest BCUT2D eigenvalue weighted by Crippen LogP contribution is 2.35.